The molecule has 2 heterocycles. The standard InChI is InChI=1S/C15H19N7/c1-3-4-9-21(2)14-13(16)15(18-10-17-14)22-12-8-6-5-7-11(12)19-20-22/h5-8,10H,3-4,9,16H2,1-2H3. The highest BCUT2D eigenvalue weighted by molar-refractivity contribution is 5.79. The van der Waals surface area contributed by atoms with Crippen molar-refractivity contribution >= 4 is 22.5 Å². The first-order valence-electron chi connectivity index (χ1n) is 7.34. The van der Waals surface area contributed by atoms with Crippen molar-refractivity contribution in [2.45, 2.75) is 19.8 Å². The van der Waals surface area contributed by atoms with Gasteiger partial charge in [0.25, 0.3) is 0 Å². The summed E-state index contributed by atoms with van der Waals surface area (Å²) < 4.78 is 1.66. The quantitative estimate of drug-likeness (QED) is 0.775. The minimum atomic E-state index is 0.511. The zero-order valence-electron chi connectivity index (χ0n) is 12.8. The molecule has 2 N–H and O–H groups in total. The van der Waals surface area contributed by atoms with Gasteiger partial charge in [-0.25, -0.2) is 9.97 Å². The number of para-hydroxylation sites is 1. The van der Waals surface area contributed by atoms with Crippen LogP contribution in [0.4, 0.5) is 11.5 Å². The van der Waals surface area contributed by atoms with E-state index in [0.717, 1.165) is 36.2 Å². The van der Waals surface area contributed by atoms with Gasteiger partial charge in [0.2, 0.25) is 0 Å². The maximum Gasteiger partial charge on any atom is 0.184 e. The zero-order valence-corrected chi connectivity index (χ0v) is 12.8. The van der Waals surface area contributed by atoms with Crippen LogP contribution in [0, 0.1) is 0 Å². The fourth-order valence-corrected chi connectivity index (χ4v) is 2.38. The second kappa shape index (κ2) is 5.97. The summed E-state index contributed by atoms with van der Waals surface area (Å²) in [6.07, 6.45) is 3.72. The number of unbranched alkanes of at least 4 members (excludes halogenated alkanes) is 1. The number of fused-ring (bicyclic) bond motifs is 1. The minimum Gasteiger partial charge on any atom is -0.393 e. The van der Waals surface area contributed by atoms with Gasteiger partial charge in [0.05, 0.1) is 5.52 Å². The number of hydrogen-bond acceptors (Lipinski definition) is 6. The highest BCUT2D eigenvalue weighted by Crippen LogP contribution is 2.26. The molecule has 3 rings (SSSR count). The Morgan fingerprint density at radius 3 is 2.86 bits per heavy atom. The summed E-state index contributed by atoms with van der Waals surface area (Å²) in [6, 6.07) is 7.71. The molecule has 0 bridgehead atoms. The van der Waals surface area contributed by atoms with Crippen molar-refractivity contribution in [1.82, 2.24) is 25.0 Å². The number of rotatable bonds is 5. The third-order valence-corrected chi connectivity index (χ3v) is 3.60. The van der Waals surface area contributed by atoms with Gasteiger partial charge in [0.1, 0.15) is 17.5 Å². The lowest BCUT2D eigenvalue weighted by atomic mass is 10.3. The third kappa shape index (κ3) is 2.45. The first kappa shape index (κ1) is 14.2. The predicted octanol–water partition coefficient (Wildman–Crippen LogP) is 2.03. The largest absolute Gasteiger partial charge is 0.393 e. The SMILES string of the molecule is CCCCN(C)c1ncnc(-n2nnc3ccccc32)c1N. The Morgan fingerprint density at radius 2 is 2.05 bits per heavy atom. The van der Waals surface area contributed by atoms with E-state index in [0.29, 0.717) is 11.5 Å². The number of nitrogen functional groups attached to an aromatic ring is 1. The van der Waals surface area contributed by atoms with E-state index >= 15 is 0 Å². The van der Waals surface area contributed by atoms with Crippen LogP contribution >= 0.6 is 0 Å². The van der Waals surface area contributed by atoms with Crippen molar-refractivity contribution < 1.29 is 0 Å². The monoisotopic (exact) mass is 297 g/mol. The molecular weight excluding hydrogens is 278 g/mol. The van der Waals surface area contributed by atoms with Gasteiger partial charge < -0.3 is 10.6 Å². The van der Waals surface area contributed by atoms with Crippen LogP contribution in [0.25, 0.3) is 16.9 Å². The number of nitrogens with two attached hydrogens (primary N) is 1. The second-order valence-corrected chi connectivity index (χ2v) is 5.20. The lowest BCUT2D eigenvalue weighted by Crippen LogP contribution is -2.22. The van der Waals surface area contributed by atoms with E-state index in [2.05, 4.69) is 27.2 Å². The maximum absolute atomic E-state index is 6.28. The van der Waals surface area contributed by atoms with Crippen molar-refractivity contribution in [3.05, 3.63) is 30.6 Å². The molecule has 0 aliphatic heterocycles. The molecule has 0 aliphatic carbocycles. The molecule has 0 aliphatic rings. The minimum absolute atomic E-state index is 0.511. The molecule has 0 amide bonds. The highest BCUT2D eigenvalue weighted by Gasteiger charge is 2.16. The molecule has 7 heteroatoms. The summed E-state index contributed by atoms with van der Waals surface area (Å²) in [7, 11) is 1.98. The summed E-state index contributed by atoms with van der Waals surface area (Å²) in [5, 5.41) is 8.31. The molecule has 0 spiro atoms. The van der Waals surface area contributed by atoms with Crippen molar-refractivity contribution in [3.8, 4) is 5.82 Å². The van der Waals surface area contributed by atoms with E-state index in [1.165, 1.54) is 6.33 Å². The molecule has 3 aromatic rings. The number of anilines is 2. The van der Waals surface area contributed by atoms with Gasteiger partial charge in [0.15, 0.2) is 11.6 Å². The van der Waals surface area contributed by atoms with E-state index in [9.17, 15) is 0 Å². The van der Waals surface area contributed by atoms with Crippen LogP contribution in [0.3, 0.4) is 0 Å². The molecule has 0 saturated carbocycles. The van der Waals surface area contributed by atoms with Crippen LogP contribution in [0.5, 0.6) is 0 Å². The Hall–Kier alpha value is -2.70. The molecule has 2 aromatic heterocycles. The van der Waals surface area contributed by atoms with Crippen LogP contribution in [0.2, 0.25) is 0 Å². The molecule has 0 unspecified atom stereocenters. The number of nitrogens with zero attached hydrogens (tertiary/aromatic N) is 6. The van der Waals surface area contributed by atoms with Crippen LogP contribution in [0.15, 0.2) is 30.6 Å². The average molecular weight is 297 g/mol. The van der Waals surface area contributed by atoms with Crippen LogP contribution in [0.1, 0.15) is 19.8 Å². The van der Waals surface area contributed by atoms with Gasteiger partial charge in [0, 0.05) is 13.6 Å². The van der Waals surface area contributed by atoms with Gasteiger partial charge in [-0.2, -0.15) is 4.68 Å². The molecule has 114 valence electrons. The van der Waals surface area contributed by atoms with Gasteiger partial charge in [-0.1, -0.05) is 30.7 Å². The van der Waals surface area contributed by atoms with Crippen LogP contribution in [-0.4, -0.2) is 38.6 Å². The molecule has 0 fully saturated rings. The fourth-order valence-electron chi connectivity index (χ4n) is 2.38. The van der Waals surface area contributed by atoms with Crippen LogP contribution in [-0.2, 0) is 0 Å². The molecular formula is C15H19N7. The zero-order chi connectivity index (χ0) is 15.5. The van der Waals surface area contributed by atoms with Crippen molar-refractivity contribution in [1.29, 1.82) is 0 Å². The number of aromatic nitrogens is 5. The summed E-state index contributed by atoms with van der Waals surface area (Å²) in [5.74, 6) is 1.28. The lowest BCUT2D eigenvalue weighted by molar-refractivity contribution is 0.754. The van der Waals surface area contributed by atoms with E-state index < -0.39 is 0 Å². The summed E-state index contributed by atoms with van der Waals surface area (Å²) in [4.78, 5) is 10.6. The first-order valence-corrected chi connectivity index (χ1v) is 7.34. The van der Waals surface area contributed by atoms with Gasteiger partial charge >= 0.3 is 0 Å². The number of hydrogen-bond donors (Lipinski definition) is 1. The molecule has 7 nitrogen and oxygen atoms in total. The van der Waals surface area contributed by atoms with E-state index in [4.69, 9.17) is 5.73 Å². The molecule has 22 heavy (non-hydrogen) atoms. The Labute approximate surface area is 128 Å². The van der Waals surface area contributed by atoms with Gasteiger partial charge in [-0.15, -0.1) is 5.10 Å². The number of benzene rings is 1. The lowest BCUT2D eigenvalue weighted by Gasteiger charge is -2.20. The highest BCUT2D eigenvalue weighted by atomic mass is 15.4. The molecule has 0 saturated heterocycles. The Morgan fingerprint density at radius 1 is 1.23 bits per heavy atom. The molecule has 1 aromatic carbocycles. The molecule has 0 radical (unpaired) electrons. The van der Waals surface area contributed by atoms with Gasteiger partial charge in [-0.05, 0) is 18.6 Å². The molecule has 0 atom stereocenters. The normalized spacial score (nSPS) is 11.0. The Kier molecular flexibility index (Phi) is 3.86. The van der Waals surface area contributed by atoms with Gasteiger partial charge in [-0.3, -0.25) is 0 Å². The Bertz CT molecular complexity index is 780. The maximum atomic E-state index is 6.28. The third-order valence-electron chi connectivity index (χ3n) is 3.60. The smallest absolute Gasteiger partial charge is 0.184 e. The van der Waals surface area contributed by atoms with Crippen LogP contribution < -0.4 is 10.6 Å². The average Bonchev–Trinajstić information content (AvgIpc) is 2.97. The summed E-state index contributed by atoms with van der Waals surface area (Å²) >= 11 is 0. The van der Waals surface area contributed by atoms with Crippen molar-refractivity contribution in [2.75, 3.05) is 24.2 Å². The van der Waals surface area contributed by atoms with E-state index in [1.807, 2.05) is 36.2 Å². The van der Waals surface area contributed by atoms with Crippen molar-refractivity contribution in [3.63, 3.8) is 0 Å². The van der Waals surface area contributed by atoms with Crippen molar-refractivity contribution in [2.24, 2.45) is 0 Å². The Balaban J connectivity index is 2.05. The summed E-state index contributed by atoms with van der Waals surface area (Å²) in [6.45, 7) is 3.05. The topological polar surface area (TPSA) is 85.8 Å². The van der Waals surface area contributed by atoms with E-state index in [1.54, 1.807) is 4.68 Å². The summed E-state index contributed by atoms with van der Waals surface area (Å²) in [5.41, 5.74) is 8.47. The predicted molar refractivity (Wildman–Crippen MR) is 87.0 cm³/mol. The van der Waals surface area contributed by atoms with E-state index in [-0.39, 0.29) is 0 Å². The fraction of sp³-hybridized carbons (Fsp3) is 0.333. The second-order valence-electron chi connectivity index (χ2n) is 5.20. The first-order chi connectivity index (χ1) is 10.7.